The predicted octanol–water partition coefficient (Wildman–Crippen LogP) is 6.06. The lowest BCUT2D eigenvalue weighted by Crippen LogP contribution is -2.09. The minimum atomic E-state index is 0.142. The van der Waals surface area contributed by atoms with Gasteiger partial charge in [0.25, 0.3) is 0 Å². The largest absolute Gasteiger partial charge is 0.491 e. The summed E-state index contributed by atoms with van der Waals surface area (Å²) in [6, 6.07) is 14.0. The van der Waals surface area contributed by atoms with Crippen molar-refractivity contribution >= 4 is 33.2 Å². The van der Waals surface area contributed by atoms with Gasteiger partial charge in [-0.1, -0.05) is 52.7 Å². The Labute approximate surface area is 139 Å². The second-order valence-corrected chi connectivity index (χ2v) is 6.17. The van der Waals surface area contributed by atoms with Crippen molar-refractivity contribution in [1.82, 2.24) is 0 Å². The maximum Gasteiger partial charge on any atom is 0.142 e. The smallest absolute Gasteiger partial charge is 0.142 e. The average molecular weight is 369 g/mol. The van der Waals surface area contributed by atoms with Crippen LogP contribution in [0.5, 0.6) is 5.75 Å². The van der Waals surface area contributed by atoms with Crippen LogP contribution in [0.2, 0.25) is 5.02 Å². The summed E-state index contributed by atoms with van der Waals surface area (Å²) in [5.41, 5.74) is 2.11. The molecule has 1 atom stereocenters. The SMILES string of the molecule is CCCOc1ccc(Cl)cc1NC(C)c1ccccc1Br. The third-order valence-corrected chi connectivity index (χ3v) is 4.10. The van der Waals surface area contributed by atoms with Crippen LogP contribution in [0.4, 0.5) is 5.69 Å². The molecule has 2 aromatic carbocycles. The second kappa shape index (κ2) is 7.71. The second-order valence-electron chi connectivity index (χ2n) is 4.88. The molecule has 0 aromatic heterocycles. The summed E-state index contributed by atoms with van der Waals surface area (Å²) in [7, 11) is 0. The van der Waals surface area contributed by atoms with Crippen molar-refractivity contribution in [2.45, 2.75) is 26.3 Å². The van der Waals surface area contributed by atoms with Crippen molar-refractivity contribution in [3.05, 3.63) is 57.5 Å². The Bertz CT molecular complexity index is 603. The van der Waals surface area contributed by atoms with Crippen LogP contribution in [0, 0.1) is 0 Å². The van der Waals surface area contributed by atoms with Crippen molar-refractivity contribution in [3.8, 4) is 5.75 Å². The summed E-state index contributed by atoms with van der Waals surface area (Å²) in [6.07, 6.45) is 0.974. The third kappa shape index (κ3) is 4.39. The molecule has 0 aliphatic heterocycles. The Hall–Kier alpha value is -1.19. The highest BCUT2D eigenvalue weighted by molar-refractivity contribution is 9.10. The van der Waals surface area contributed by atoms with Gasteiger partial charge in [0.2, 0.25) is 0 Å². The van der Waals surface area contributed by atoms with Gasteiger partial charge in [-0.05, 0) is 43.2 Å². The molecular weight excluding hydrogens is 350 g/mol. The van der Waals surface area contributed by atoms with Crippen LogP contribution in [0.15, 0.2) is 46.9 Å². The van der Waals surface area contributed by atoms with E-state index in [0.717, 1.165) is 22.3 Å². The number of anilines is 1. The first-order valence-corrected chi connectivity index (χ1v) is 8.22. The third-order valence-electron chi connectivity index (χ3n) is 3.15. The molecule has 0 bridgehead atoms. The highest BCUT2D eigenvalue weighted by Gasteiger charge is 2.12. The topological polar surface area (TPSA) is 21.3 Å². The Morgan fingerprint density at radius 1 is 1.24 bits per heavy atom. The first-order chi connectivity index (χ1) is 10.1. The van der Waals surface area contributed by atoms with Crippen LogP contribution in [0.3, 0.4) is 0 Å². The van der Waals surface area contributed by atoms with Crippen LogP contribution in [-0.2, 0) is 0 Å². The summed E-state index contributed by atoms with van der Waals surface area (Å²) in [5, 5.41) is 4.17. The van der Waals surface area contributed by atoms with Crippen LogP contribution in [0.25, 0.3) is 0 Å². The van der Waals surface area contributed by atoms with E-state index in [-0.39, 0.29) is 6.04 Å². The van der Waals surface area contributed by atoms with E-state index in [0.29, 0.717) is 11.6 Å². The molecule has 1 N–H and O–H groups in total. The van der Waals surface area contributed by atoms with Crippen LogP contribution in [-0.4, -0.2) is 6.61 Å². The molecule has 2 nitrogen and oxygen atoms in total. The van der Waals surface area contributed by atoms with Crippen molar-refractivity contribution in [2.75, 3.05) is 11.9 Å². The summed E-state index contributed by atoms with van der Waals surface area (Å²) >= 11 is 9.69. The van der Waals surface area contributed by atoms with Crippen molar-refractivity contribution in [1.29, 1.82) is 0 Å². The highest BCUT2D eigenvalue weighted by atomic mass is 79.9. The Morgan fingerprint density at radius 3 is 2.71 bits per heavy atom. The van der Waals surface area contributed by atoms with Gasteiger partial charge in [-0.3, -0.25) is 0 Å². The molecule has 1 unspecified atom stereocenters. The number of ether oxygens (including phenoxy) is 1. The summed E-state index contributed by atoms with van der Waals surface area (Å²) in [5.74, 6) is 0.833. The molecule has 0 aliphatic carbocycles. The van der Waals surface area contributed by atoms with Gasteiger partial charge in [0, 0.05) is 15.5 Å². The summed E-state index contributed by atoms with van der Waals surface area (Å²) in [6.45, 7) is 4.90. The molecule has 2 rings (SSSR count). The van der Waals surface area contributed by atoms with E-state index in [1.54, 1.807) is 0 Å². The van der Waals surface area contributed by atoms with Gasteiger partial charge >= 0.3 is 0 Å². The van der Waals surface area contributed by atoms with Gasteiger partial charge < -0.3 is 10.1 Å². The highest BCUT2D eigenvalue weighted by Crippen LogP contribution is 2.33. The van der Waals surface area contributed by atoms with E-state index in [1.807, 2.05) is 36.4 Å². The molecule has 2 aromatic rings. The maximum absolute atomic E-state index is 6.11. The van der Waals surface area contributed by atoms with E-state index < -0.39 is 0 Å². The molecule has 4 heteroatoms. The zero-order valence-electron chi connectivity index (χ0n) is 12.2. The molecule has 0 fully saturated rings. The Balaban J connectivity index is 2.21. The van der Waals surface area contributed by atoms with Crippen molar-refractivity contribution in [3.63, 3.8) is 0 Å². The molecule has 0 heterocycles. The number of halogens is 2. The quantitative estimate of drug-likeness (QED) is 0.668. The van der Waals surface area contributed by atoms with Gasteiger partial charge in [0.15, 0.2) is 0 Å². The Kier molecular flexibility index (Phi) is 5.95. The van der Waals surface area contributed by atoms with E-state index in [2.05, 4.69) is 41.2 Å². The zero-order chi connectivity index (χ0) is 15.2. The van der Waals surface area contributed by atoms with Gasteiger partial charge in [0.05, 0.1) is 12.3 Å². The van der Waals surface area contributed by atoms with E-state index in [1.165, 1.54) is 5.56 Å². The number of hydrogen-bond donors (Lipinski definition) is 1. The van der Waals surface area contributed by atoms with Crippen LogP contribution >= 0.6 is 27.5 Å². The molecule has 0 aliphatic rings. The number of hydrogen-bond acceptors (Lipinski definition) is 2. The molecule has 21 heavy (non-hydrogen) atoms. The van der Waals surface area contributed by atoms with Gasteiger partial charge in [-0.15, -0.1) is 0 Å². The standard InChI is InChI=1S/C17H19BrClNO/c1-3-10-21-17-9-8-13(19)11-16(17)20-12(2)14-6-4-5-7-15(14)18/h4-9,11-12,20H,3,10H2,1-2H3. The minimum absolute atomic E-state index is 0.142. The number of benzene rings is 2. The summed E-state index contributed by atoms with van der Waals surface area (Å²) in [4.78, 5) is 0. The van der Waals surface area contributed by atoms with Gasteiger partial charge in [-0.25, -0.2) is 0 Å². The fourth-order valence-corrected chi connectivity index (χ4v) is 2.89. The molecule has 0 spiro atoms. The molecule has 0 amide bonds. The van der Waals surface area contributed by atoms with Crippen LogP contribution < -0.4 is 10.1 Å². The molecule has 0 saturated carbocycles. The monoisotopic (exact) mass is 367 g/mol. The maximum atomic E-state index is 6.11. The number of nitrogens with one attached hydrogen (secondary N) is 1. The van der Waals surface area contributed by atoms with E-state index in [9.17, 15) is 0 Å². The van der Waals surface area contributed by atoms with Gasteiger partial charge in [-0.2, -0.15) is 0 Å². The van der Waals surface area contributed by atoms with Crippen molar-refractivity contribution < 1.29 is 4.74 Å². The lowest BCUT2D eigenvalue weighted by atomic mass is 10.1. The first kappa shape index (κ1) is 16.2. The van der Waals surface area contributed by atoms with Crippen LogP contribution in [0.1, 0.15) is 31.9 Å². The normalized spacial score (nSPS) is 12.0. The zero-order valence-corrected chi connectivity index (χ0v) is 14.5. The van der Waals surface area contributed by atoms with E-state index in [4.69, 9.17) is 16.3 Å². The summed E-state index contributed by atoms with van der Waals surface area (Å²) < 4.78 is 6.86. The first-order valence-electron chi connectivity index (χ1n) is 7.05. The molecule has 0 radical (unpaired) electrons. The molecule has 0 saturated heterocycles. The van der Waals surface area contributed by atoms with Crippen molar-refractivity contribution in [2.24, 2.45) is 0 Å². The fraction of sp³-hybridized carbons (Fsp3) is 0.294. The number of rotatable bonds is 6. The Morgan fingerprint density at radius 2 is 2.00 bits per heavy atom. The fourth-order valence-electron chi connectivity index (χ4n) is 2.09. The molecule has 112 valence electrons. The van der Waals surface area contributed by atoms with Gasteiger partial charge in [0.1, 0.15) is 5.75 Å². The lowest BCUT2D eigenvalue weighted by Gasteiger charge is -2.20. The van der Waals surface area contributed by atoms with E-state index >= 15 is 0 Å². The predicted molar refractivity (Wildman–Crippen MR) is 93.4 cm³/mol. The molecular formula is C17H19BrClNO. The lowest BCUT2D eigenvalue weighted by molar-refractivity contribution is 0.318. The minimum Gasteiger partial charge on any atom is -0.491 e. The average Bonchev–Trinajstić information content (AvgIpc) is 2.47.